The minimum atomic E-state index is -3.48. The van der Waals surface area contributed by atoms with Crippen molar-refractivity contribution in [3.8, 4) is 0 Å². The Kier molecular flexibility index (Phi) is 4.51. The Hall–Kier alpha value is -0.330. The molecule has 0 aliphatic carbocycles. The maximum absolute atomic E-state index is 10.9. The zero-order chi connectivity index (χ0) is 9.78. The molecule has 0 atom stereocenters. The fraction of sp³-hybridized carbons (Fsp3) is 0.800. The number of nitrogens with one attached hydrogen (secondary N) is 1. The van der Waals surface area contributed by atoms with Crippen molar-refractivity contribution in [1.82, 2.24) is 9.62 Å². The van der Waals surface area contributed by atoms with Gasteiger partial charge in [0, 0.05) is 14.1 Å². The van der Waals surface area contributed by atoms with Crippen LogP contribution in [0.25, 0.3) is 0 Å². The third kappa shape index (κ3) is 4.53. The summed E-state index contributed by atoms with van der Waals surface area (Å²) >= 11 is 5.08. The predicted octanol–water partition coefficient (Wildman–Crippen LogP) is -0.810. The molecule has 0 aromatic carbocycles. The first-order chi connectivity index (χ1) is 5.39. The number of alkyl halides is 1. The van der Waals surface area contributed by atoms with Crippen LogP contribution in [-0.4, -0.2) is 45.1 Å². The Labute approximate surface area is 76.7 Å². The maximum Gasteiger partial charge on any atom is 0.237 e. The Balaban J connectivity index is 3.93. The second-order valence-electron chi connectivity index (χ2n) is 2.33. The molecule has 0 spiro atoms. The van der Waals surface area contributed by atoms with Crippen molar-refractivity contribution < 1.29 is 13.2 Å². The average molecular weight is 215 g/mol. The van der Waals surface area contributed by atoms with E-state index in [2.05, 4.69) is 0 Å². The van der Waals surface area contributed by atoms with Gasteiger partial charge in [0.25, 0.3) is 0 Å². The van der Waals surface area contributed by atoms with Gasteiger partial charge < -0.3 is 4.90 Å². The molecule has 0 saturated heterocycles. The van der Waals surface area contributed by atoms with Gasteiger partial charge in [0.05, 0.1) is 6.54 Å². The lowest BCUT2D eigenvalue weighted by Crippen LogP contribution is -2.36. The highest BCUT2D eigenvalue weighted by atomic mass is 35.5. The van der Waals surface area contributed by atoms with Gasteiger partial charge in [-0.3, -0.25) is 4.79 Å². The van der Waals surface area contributed by atoms with Crippen LogP contribution in [0, 0.1) is 0 Å². The zero-order valence-electron chi connectivity index (χ0n) is 6.87. The molecule has 0 aromatic rings. The SMILES string of the molecule is CN(C)C(=O)CNS(=O)(=O)CCl. The lowest BCUT2D eigenvalue weighted by molar-refractivity contribution is -0.127. The Morgan fingerprint density at radius 3 is 2.33 bits per heavy atom. The second-order valence-corrected chi connectivity index (χ2v) is 4.72. The Morgan fingerprint density at radius 2 is 2.00 bits per heavy atom. The van der Waals surface area contributed by atoms with Gasteiger partial charge in [-0.05, 0) is 0 Å². The summed E-state index contributed by atoms with van der Waals surface area (Å²) in [5, 5.41) is -0.534. The van der Waals surface area contributed by atoms with Gasteiger partial charge in [-0.25, -0.2) is 13.1 Å². The van der Waals surface area contributed by atoms with Crippen LogP contribution in [0.2, 0.25) is 0 Å². The molecule has 5 nitrogen and oxygen atoms in total. The van der Waals surface area contributed by atoms with Crippen molar-refractivity contribution >= 4 is 27.5 Å². The smallest absolute Gasteiger partial charge is 0.237 e. The van der Waals surface area contributed by atoms with E-state index in [4.69, 9.17) is 11.6 Å². The molecule has 0 unspecified atom stereocenters. The molecular formula is C5H11ClN2O3S. The van der Waals surface area contributed by atoms with E-state index in [1.807, 2.05) is 4.72 Å². The van der Waals surface area contributed by atoms with E-state index in [0.29, 0.717) is 0 Å². The summed E-state index contributed by atoms with van der Waals surface area (Å²) in [4.78, 5) is 12.1. The summed E-state index contributed by atoms with van der Waals surface area (Å²) in [6.07, 6.45) is 0. The summed E-state index contributed by atoms with van der Waals surface area (Å²) in [5.74, 6) is -0.316. The molecule has 0 heterocycles. The van der Waals surface area contributed by atoms with E-state index in [1.165, 1.54) is 19.0 Å². The topological polar surface area (TPSA) is 66.5 Å². The van der Waals surface area contributed by atoms with Crippen LogP contribution in [0.4, 0.5) is 0 Å². The van der Waals surface area contributed by atoms with E-state index >= 15 is 0 Å². The largest absolute Gasteiger partial charge is 0.348 e. The maximum atomic E-state index is 10.9. The van der Waals surface area contributed by atoms with Crippen molar-refractivity contribution in [1.29, 1.82) is 0 Å². The van der Waals surface area contributed by atoms with Crippen LogP contribution in [0.3, 0.4) is 0 Å². The fourth-order valence-corrected chi connectivity index (χ4v) is 1.02. The number of carbonyl (C=O) groups is 1. The minimum Gasteiger partial charge on any atom is -0.348 e. The first-order valence-corrected chi connectivity index (χ1v) is 5.31. The number of rotatable bonds is 4. The molecule has 72 valence electrons. The Morgan fingerprint density at radius 1 is 1.50 bits per heavy atom. The van der Waals surface area contributed by atoms with Gasteiger partial charge in [-0.2, -0.15) is 0 Å². The molecule has 0 saturated carbocycles. The van der Waals surface area contributed by atoms with Crippen LogP contribution in [0.15, 0.2) is 0 Å². The molecule has 0 fully saturated rings. The average Bonchev–Trinajstić information content (AvgIpc) is 2.00. The quantitative estimate of drug-likeness (QED) is 0.623. The lowest BCUT2D eigenvalue weighted by Gasteiger charge is -2.09. The molecule has 0 aliphatic rings. The highest BCUT2D eigenvalue weighted by Gasteiger charge is 2.10. The summed E-state index contributed by atoms with van der Waals surface area (Å²) in [7, 11) is -0.402. The van der Waals surface area contributed by atoms with Crippen LogP contribution in [0.1, 0.15) is 0 Å². The number of hydrogen-bond acceptors (Lipinski definition) is 3. The molecule has 0 rings (SSSR count). The van der Waals surface area contributed by atoms with E-state index < -0.39 is 15.2 Å². The first-order valence-electron chi connectivity index (χ1n) is 3.12. The highest BCUT2D eigenvalue weighted by molar-refractivity contribution is 7.90. The molecule has 7 heteroatoms. The fourth-order valence-electron chi connectivity index (χ4n) is 0.368. The standard InChI is InChI=1S/C5H11ClN2O3S/c1-8(2)5(9)3-7-12(10,11)4-6/h7H,3-4H2,1-2H3. The number of carbonyl (C=O) groups excluding carboxylic acids is 1. The van der Waals surface area contributed by atoms with Crippen molar-refractivity contribution in [3.05, 3.63) is 0 Å². The van der Waals surface area contributed by atoms with Gasteiger partial charge >= 0.3 is 0 Å². The normalized spacial score (nSPS) is 11.2. The number of halogens is 1. The minimum absolute atomic E-state index is 0.248. The number of hydrogen-bond donors (Lipinski definition) is 1. The summed E-state index contributed by atoms with van der Waals surface area (Å²) < 4.78 is 23.5. The third-order valence-electron chi connectivity index (χ3n) is 1.09. The Bertz CT molecular complexity index is 249. The van der Waals surface area contributed by atoms with Crippen molar-refractivity contribution in [2.75, 3.05) is 25.9 Å². The summed E-state index contributed by atoms with van der Waals surface area (Å²) in [5.41, 5.74) is 0. The van der Waals surface area contributed by atoms with Crippen LogP contribution in [0.5, 0.6) is 0 Å². The molecule has 1 N–H and O–H groups in total. The second kappa shape index (κ2) is 4.64. The predicted molar refractivity (Wildman–Crippen MR) is 46.3 cm³/mol. The monoisotopic (exact) mass is 214 g/mol. The van der Waals surface area contributed by atoms with Crippen LogP contribution >= 0.6 is 11.6 Å². The van der Waals surface area contributed by atoms with Gasteiger partial charge in [0.1, 0.15) is 5.21 Å². The zero-order valence-corrected chi connectivity index (χ0v) is 8.44. The number of nitrogens with zero attached hydrogens (tertiary/aromatic N) is 1. The van der Waals surface area contributed by atoms with Gasteiger partial charge in [0.15, 0.2) is 0 Å². The van der Waals surface area contributed by atoms with Crippen molar-refractivity contribution in [2.24, 2.45) is 0 Å². The van der Waals surface area contributed by atoms with Crippen molar-refractivity contribution in [2.45, 2.75) is 0 Å². The molecule has 0 radical (unpaired) electrons. The first kappa shape index (κ1) is 11.7. The van der Waals surface area contributed by atoms with Crippen LogP contribution in [-0.2, 0) is 14.8 Å². The van der Waals surface area contributed by atoms with Gasteiger partial charge in [0.2, 0.25) is 15.9 Å². The van der Waals surface area contributed by atoms with Gasteiger partial charge in [-0.1, -0.05) is 0 Å². The van der Waals surface area contributed by atoms with E-state index in [-0.39, 0.29) is 12.5 Å². The van der Waals surface area contributed by atoms with E-state index in [0.717, 1.165) is 0 Å². The van der Waals surface area contributed by atoms with Gasteiger partial charge in [-0.15, -0.1) is 11.6 Å². The molecule has 12 heavy (non-hydrogen) atoms. The van der Waals surface area contributed by atoms with E-state index in [1.54, 1.807) is 0 Å². The molecule has 0 aliphatic heterocycles. The van der Waals surface area contributed by atoms with E-state index in [9.17, 15) is 13.2 Å². The third-order valence-corrected chi connectivity index (χ3v) is 2.82. The summed E-state index contributed by atoms with van der Waals surface area (Å²) in [6, 6.07) is 0. The summed E-state index contributed by atoms with van der Waals surface area (Å²) in [6.45, 7) is -0.248. The number of sulfonamides is 1. The highest BCUT2D eigenvalue weighted by Crippen LogP contribution is 1.87. The molecule has 0 bridgehead atoms. The number of likely N-dealkylation sites (N-methyl/N-ethyl adjacent to an activating group) is 1. The van der Waals surface area contributed by atoms with Crippen molar-refractivity contribution in [3.63, 3.8) is 0 Å². The molecule has 0 aromatic heterocycles. The number of amides is 1. The molecule has 1 amide bonds. The van der Waals surface area contributed by atoms with Crippen LogP contribution < -0.4 is 4.72 Å². The molecular weight excluding hydrogens is 204 g/mol. The lowest BCUT2D eigenvalue weighted by atomic mass is 10.6.